The number of carboxylic acid groups (broad SMARTS) is 1. The van der Waals surface area contributed by atoms with Gasteiger partial charge in [-0.05, 0) is 30.4 Å². The molecule has 0 bridgehead atoms. The molecule has 0 aromatic heterocycles. The molecule has 1 fully saturated rings. The molecule has 0 unspecified atom stereocenters. The van der Waals surface area contributed by atoms with Crippen LogP contribution in [0.3, 0.4) is 0 Å². The van der Waals surface area contributed by atoms with E-state index in [1.54, 1.807) is 18.2 Å². The third kappa shape index (κ3) is 3.54. The second-order valence-corrected chi connectivity index (χ2v) is 7.13. The minimum atomic E-state index is -3.72. The van der Waals surface area contributed by atoms with Crippen LogP contribution in [0.25, 0.3) is 0 Å². The van der Waals surface area contributed by atoms with Crippen molar-refractivity contribution in [2.24, 2.45) is 5.41 Å². The smallest absolute Gasteiger partial charge is 0.303 e. The summed E-state index contributed by atoms with van der Waals surface area (Å²) in [6.45, 7) is 0.139. The molecular weight excluding hydrogens is 294 g/mol. The zero-order valence-corrected chi connectivity index (χ0v) is 12.6. The molecule has 1 aromatic carbocycles. The molecule has 1 saturated carbocycles. The lowest BCUT2D eigenvalue weighted by Crippen LogP contribution is -2.43. The third-order valence-electron chi connectivity index (χ3n) is 3.94. The first-order valence-electron chi connectivity index (χ1n) is 6.73. The van der Waals surface area contributed by atoms with Crippen molar-refractivity contribution in [1.82, 2.24) is 4.72 Å². The molecule has 0 heterocycles. The molecule has 116 valence electrons. The summed E-state index contributed by atoms with van der Waals surface area (Å²) in [4.78, 5) is 11.0. The van der Waals surface area contributed by atoms with Gasteiger partial charge in [0.15, 0.2) is 0 Å². The Labute approximate surface area is 124 Å². The molecule has 1 aliphatic rings. The highest BCUT2D eigenvalue weighted by atomic mass is 32.2. The number of hydrogen-bond donors (Lipinski definition) is 2. The van der Waals surface area contributed by atoms with E-state index in [4.69, 9.17) is 9.84 Å². The van der Waals surface area contributed by atoms with Crippen LogP contribution in [0.2, 0.25) is 0 Å². The SMILES string of the molecule is COc1ccccc1S(=O)(=O)NCC1(CC(=O)O)CCC1. The molecule has 0 spiro atoms. The lowest BCUT2D eigenvalue weighted by atomic mass is 9.67. The Balaban J connectivity index is 2.13. The van der Waals surface area contributed by atoms with E-state index in [-0.39, 0.29) is 23.6 Å². The van der Waals surface area contributed by atoms with E-state index in [9.17, 15) is 13.2 Å². The van der Waals surface area contributed by atoms with Gasteiger partial charge in [0.2, 0.25) is 10.0 Å². The summed E-state index contributed by atoms with van der Waals surface area (Å²) in [5, 5.41) is 8.95. The van der Waals surface area contributed by atoms with Crippen LogP contribution >= 0.6 is 0 Å². The zero-order chi connectivity index (χ0) is 15.5. The quantitative estimate of drug-likeness (QED) is 0.798. The van der Waals surface area contributed by atoms with Gasteiger partial charge in [-0.3, -0.25) is 4.79 Å². The fourth-order valence-corrected chi connectivity index (χ4v) is 3.91. The lowest BCUT2D eigenvalue weighted by molar-refractivity contribution is -0.141. The topological polar surface area (TPSA) is 92.7 Å². The summed E-state index contributed by atoms with van der Waals surface area (Å²) in [6, 6.07) is 6.35. The van der Waals surface area contributed by atoms with Gasteiger partial charge in [-0.2, -0.15) is 0 Å². The summed E-state index contributed by atoms with van der Waals surface area (Å²) in [6.07, 6.45) is 2.38. The summed E-state index contributed by atoms with van der Waals surface area (Å²) in [5.74, 6) is -0.628. The van der Waals surface area contributed by atoms with Crippen molar-refractivity contribution in [3.05, 3.63) is 24.3 Å². The summed E-state index contributed by atoms with van der Waals surface area (Å²) in [7, 11) is -2.31. The Morgan fingerprint density at radius 2 is 2.05 bits per heavy atom. The molecule has 6 nitrogen and oxygen atoms in total. The Bertz CT molecular complexity index is 622. The minimum Gasteiger partial charge on any atom is -0.495 e. The van der Waals surface area contributed by atoms with Gasteiger partial charge in [-0.15, -0.1) is 0 Å². The number of methoxy groups -OCH3 is 1. The van der Waals surface area contributed by atoms with Gasteiger partial charge in [0, 0.05) is 6.54 Å². The van der Waals surface area contributed by atoms with Crippen LogP contribution < -0.4 is 9.46 Å². The monoisotopic (exact) mass is 313 g/mol. The van der Waals surface area contributed by atoms with E-state index in [1.165, 1.54) is 13.2 Å². The van der Waals surface area contributed by atoms with Gasteiger partial charge < -0.3 is 9.84 Å². The molecular formula is C14H19NO5S. The van der Waals surface area contributed by atoms with Crippen molar-refractivity contribution in [3.8, 4) is 5.75 Å². The molecule has 0 saturated heterocycles. The average Bonchev–Trinajstić information content (AvgIpc) is 2.41. The number of sulfonamides is 1. The Kier molecular flexibility index (Phi) is 4.53. The second-order valence-electron chi connectivity index (χ2n) is 5.40. The molecule has 0 atom stereocenters. The standard InChI is InChI=1S/C14H19NO5S/c1-20-11-5-2-3-6-12(11)21(18,19)15-10-14(7-4-8-14)9-13(16)17/h2-3,5-6,15H,4,7-10H2,1H3,(H,16,17). The second kappa shape index (κ2) is 6.03. The largest absolute Gasteiger partial charge is 0.495 e. The maximum atomic E-state index is 12.3. The fraction of sp³-hybridized carbons (Fsp3) is 0.500. The van der Waals surface area contributed by atoms with E-state index in [0.717, 1.165) is 19.3 Å². The van der Waals surface area contributed by atoms with Crippen LogP contribution in [0.1, 0.15) is 25.7 Å². The number of carboxylic acids is 1. The molecule has 0 radical (unpaired) electrons. The number of hydrogen-bond acceptors (Lipinski definition) is 4. The zero-order valence-electron chi connectivity index (χ0n) is 11.8. The van der Waals surface area contributed by atoms with Crippen LogP contribution in [0.5, 0.6) is 5.75 Å². The lowest BCUT2D eigenvalue weighted by Gasteiger charge is -2.40. The number of para-hydroxylation sites is 1. The summed E-state index contributed by atoms with van der Waals surface area (Å²) < 4.78 is 32.3. The van der Waals surface area contributed by atoms with Crippen LogP contribution in [0, 0.1) is 5.41 Å². The molecule has 1 aromatic rings. The first-order valence-corrected chi connectivity index (χ1v) is 8.21. The maximum Gasteiger partial charge on any atom is 0.303 e. The van der Waals surface area contributed by atoms with Crippen LogP contribution in [0.15, 0.2) is 29.2 Å². The summed E-state index contributed by atoms with van der Waals surface area (Å²) >= 11 is 0. The van der Waals surface area contributed by atoms with Crippen LogP contribution in [-0.2, 0) is 14.8 Å². The fourth-order valence-electron chi connectivity index (χ4n) is 2.58. The van der Waals surface area contributed by atoms with Crippen molar-refractivity contribution in [3.63, 3.8) is 0 Å². The Morgan fingerprint density at radius 3 is 2.57 bits per heavy atom. The van der Waals surface area contributed by atoms with Crippen LogP contribution in [0.4, 0.5) is 0 Å². The van der Waals surface area contributed by atoms with E-state index < -0.39 is 21.4 Å². The number of ether oxygens (including phenoxy) is 1. The molecule has 21 heavy (non-hydrogen) atoms. The van der Waals surface area contributed by atoms with E-state index in [2.05, 4.69) is 4.72 Å². The van der Waals surface area contributed by atoms with Gasteiger partial charge in [0.1, 0.15) is 10.6 Å². The normalized spacial score (nSPS) is 17.0. The average molecular weight is 313 g/mol. The molecule has 1 aliphatic carbocycles. The molecule has 7 heteroatoms. The Morgan fingerprint density at radius 1 is 1.38 bits per heavy atom. The Hall–Kier alpha value is -1.60. The van der Waals surface area contributed by atoms with Crippen molar-refractivity contribution in [2.75, 3.05) is 13.7 Å². The molecule has 2 N–H and O–H groups in total. The number of nitrogens with one attached hydrogen (secondary N) is 1. The number of rotatable bonds is 7. The maximum absolute atomic E-state index is 12.3. The number of carbonyl (C=O) groups is 1. The van der Waals surface area contributed by atoms with E-state index in [0.29, 0.717) is 0 Å². The highest BCUT2D eigenvalue weighted by Crippen LogP contribution is 2.43. The van der Waals surface area contributed by atoms with Crippen LogP contribution in [-0.4, -0.2) is 33.1 Å². The van der Waals surface area contributed by atoms with Gasteiger partial charge >= 0.3 is 5.97 Å². The van der Waals surface area contributed by atoms with Gasteiger partial charge in [-0.1, -0.05) is 18.6 Å². The molecule has 0 amide bonds. The van der Waals surface area contributed by atoms with Gasteiger partial charge in [-0.25, -0.2) is 13.1 Å². The first-order chi connectivity index (χ1) is 9.88. The predicted octanol–water partition coefficient (Wildman–Crippen LogP) is 1.62. The highest BCUT2D eigenvalue weighted by molar-refractivity contribution is 7.89. The van der Waals surface area contributed by atoms with Gasteiger partial charge in [0.25, 0.3) is 0 Å². The predicted molar refractivity (Wildman–Crippen MR) is 76.7 cm³/mol. The highest BCUT2D eigenvalue weighted by Gasteiger charge is 2.40. The molecule has 0 aliphatic heterocycles. The minimum absolute atomic E-state index is 0.0125. The van der Waals surface area contributed by atoms with E-state index in [1.807, 2.05) is 0 Å². The third-order valence-corrected chi connectivity index (χ3v) is 5.38. The van der Waals surface area contributed by atoms with Crippen molar-refractivity contribution < 1.29 is 23.1 Å². The first kappa shape index (κ1) is 15.8. The van der Waals surface area contributed by atoms with E-state index >= 15 is 0 Å². The van der Waals surface area contributed by atoms with Crippen molar-refractivity contribution in [2.45, 2.75) is 30.6 Å². The molecule has 2 rings (SSSR count). The van der Waals surface area contributed by atoms with Gasteiger partial charge in [0.05, 0.1) is 13.5 Å². The van der Waals surface area contributed by atoms with Crippen molar-refractivity contribution >= 4 is 16.0 Å². The summed E-state index contributed by atoms with van der Waals surface area (Å²) in [5.41, 5.74) is -0.457. The van der Waals surface area contributed by atoms with Crippen molar-refractivity contribution in [1.29, 1.82) is 0 Å². The number of benzene rings is 1. The number of aliphatic carboxylic acids is 1.